The number of halogens is 1. The van der Waals surface area contributed by atoms with Gasteiger partial charge in [0.25, 0.3) is 0 Å². The third-order valence-electron chi connectivity index (χ3n) is 1.36. The SMILES string of the molecule is COC(C)c1nccc(Br)n1. The Kier molecular flexibility index (Phi) is 2.96. The van der Waals surface area contributed by atoms with E-state index in [4.69, 9.17) is 4.74 Å². The van der Waals surface area contributed by atoms with E-state index in [1.165, 1.54) is 0 Å². The molecule has 1 aromatic heterocycles. The summed E-state index contributed by atoms with van der Waals surface area (Å²) in [5.74, 6) is 0.696. The predicted molar refractivity (Wildman–Crippen MR) is 45.2 cm³/mol. The van der Waals surface area contributed by atoms with Gasteiger partial charge in [-0.25, -0.2) is 9.97 Å². The maximum atomic E-state index is 5.05. The van der Waals surface area contributed by atoms with Crippen LogP contribution < -0.4 is 0 Å². The van der Waals surface area contributed by atoms with Crippen molar-refractivity contribution in [2.24, 2.45) is 0 Å². The van der Waals surface area contributed by atoms with Crippen LogP contribution in [0.15, 0.2) is 16.9 Å². The van der Waals surface area contributed by atoms with Gasteiger partial charge < -0.3 is 4.74 Å². The van der Waals surface area contributed by atoms with E-state index in [1.807, 2.05) is 6.92 Å². The zero-order valence-corrected chi connectivity index (χ0v) is 8.00. The number of hydrogen-bond acceptors (Lipinski definition) is 3. The second-order valence-corrected chi connectivity index (χ2v) is 2.93. The monoisotopic (exact) mass is 216 g/mol. The van der Waals surface area contributed by atoms with Crippen molar-refractivity contribution in [2.45, 2.75) is 13.0 Å². The molecule has 0 saturated heterocycles. The highest BCUT2D eigenvalue weighted by atomic mass is 79.9. The molecule has 0 aliphatic carbocycles. The van der Waals surface area contributed by atoms with Crippen LogP contribution in [0.5, 0.6) is 0 Å². The Bertz CT molecular complexity index is 242. The number of methoxy groups -OCH3 is 1. The average molecular weight is 217 g/mol. The summed E-state index contributed by atoms with van der Waals surface area (Å²) in [6.07, 6.45) is 1.65. The number of nitrogens with zero attached hydrogens (tertiary/aromatic N) is 2. The fraction of sp³-hybridized carbons (Fsp3) is 0.429. The van der Waals surface area contributed by atoms with E-state index < -0.39 is 0 Å². The van der Waals surface area contributed by atoms with E-state index in [1.54, 1.807) is 19.4 Å². The molecular formula is C7H9BrN2O. The molecule has 0 aliphatic rings. The maximum Gasteiger partial charge on any atom is 0.158 e. The molecule has 0 spiro atoms. The van der Waals surface area contributed by atoms with E-state index in [0.717, 1.165) is 4.60 Å². The van der Waals surface area contributed by atoms with Gasteiger partial charge in [-0.2, -0.15) is 0 Å². The maximum absolute atomic E-state index is 5.05. The molecule has 60 valence electrons. The minimum absolute atomic E-state index is 0.0486. The fourth-order valence-corrected chi connectivity index (χ4v) is 0.952. The highest BCUT2D eigenvalue weighted by Gasteiger charge is 2.05. The Morgan fingerprint density at radius 1 is 1.64 bits per heavy atom. The highest BCUT2D eigenvalue weighted by molar-refractivity contribution is 9.10. The zero-order chi connectivity index (χ0) is 8.27. The normalized spacial score (nSPS) is 13.0. The van der Waals surface area contributed by atoms with Gasteiger partial charge in [-0.1, -0.05) is 0 Å². The summed E-state index contributed by atoms with van der Waals surface area (Å²) in [6, 6.07) is 1.78. The summed E-state index contributed by atoms with van der Waals surface area (Å²) in [5.41, 5.74) is 0. The van der Waals surface area contributed by atoms with E-state index in [2.05, 4.69) is 25.9 Å². The van der Waals surface area contributed by atoms with Crippen molar-refractivity contribution in [3.63, 3.8) is 0 Å². The second kappa shape index (κ2) is 3.78. The molecule has 0 amide bonds. The van der Waals surface area contributed by atoms with E-state index >= 15 is 0 Å². The van der Waals surface area contributed by atoms with Gasteiger partial charge >= 0.3 is 0 Å². The molecule has 0 saturated carbocycles. The second-order valence-electron chi connectivity index (χ2n) is 2.12. The van der Waals surface area contributed by atoms with Gasteiger partial charge in [0.15, 0.2) is 5.82 Å². The third-order valence-corrected chi connectivity index (χ3v) is 1.80. The van der Waals surface area contributed by atoms with Crippen LogP contribution in [0.2, 0.25) is 0 Å². The lowest BCUT2D eigenvalue weighted by atomic mass is 10.4. The lowest BCUT2D eigenvalue weighted by Gasteiger charge is -2.06. The number of hydrogen-bond donors (Lipinski definition) is 0. The lowest BCUT2D eigenvalue weighted by Crippen LogP contribution is -2.01. The van der Waals surface area contributed by atoms with E-state index in [-0.39, 0.29) is 6.10 Å². The van der Waals surface area contributed by atoms with Crippen molar-refractivity contribution in [1.29, 1.82) is 0 Å². The van der Waals surface area contributed by atoms with Crippen molar-refractivity contribution in [3.8, 4) is 0 Å². The molecule has 1 unspecified atom stereocenters. The molecule has 1 atom stereocenters. The van der Waals surface area contributed by atoms with Gasteiger partial charge in [-0.3, -0.25) is 0 Å². The van der Waals surface area contributed by atoms with E-state index in [9.17, 15) is 0 Å². The van der Waals surface area contributed by atoms with Crippen LogP contribution in [0.4, 0.5) is 0 Å². The first-order chi connectivity index (χ1) is 5.24. The minimum atomic E-state index is -0.0486. The van der Waals surface area contributed by atoms with Crippen molar-refractivity contribution in [2.75, 3.05) is 7.11 Å². The Hall–Kier alpha value is -0.480. The van der Waals surface area contributed by atoms with Crippen molar-refractivity contribution < 1.29 is 4.74 Å². The Morgan fingerprint density at radius 2 is 2.36 bits per heavy atom. The van der Waals surface area contributed by atoms with Crippen LogP contribution in [0.25, 0.3) is 0 Å². The molecule has 3 nitrogen and oxygen atoms in total. The molecule has 1 rings (SSSR count). The summed E-state index contributed by atoms with van der Waals surface area (Å²) < 4.78 is 5.83. The first kappa shape index (κ1) is 8.62. The van der Waals surface area contributed by atoms with Gasteiger partial charge in [0.2, 0.25) is 0 Å². The van der Waals surface area contributed by atoms with Gasteiger partial charge in [-0.05, 0) is 28.9 Å². The summed E-state index contributed by atoms with van der Waals surface area (Å²) >= 11 is 3.25. The molecule has 0 aromatic carbocycles. The van der Waals surface area contributed by atoms with Crippen LogP contribution in [0, 0.1) is 0 Å². The molecule has 0 aliphatic heterocycles. The van der Waals surface area contributed by atoms with E-state index in [0.29, 0.717) is 5.82 Å². The Morgan fingerprint density at radius 3 is 2.91 bits per heavy atom. The molecule has 1 aromatic rings. The van der Waals surface area contributed by atoms with Crippen LogP contribution in [-0.4, -0.2) is 17.1 Å². The lowest BCUT2D eigenvalue weighted by molar-refractivity contribution is 0.112. The average Bonchev–Trinajstić information content (AvgIpc) is 2.03. The summed E-state index contributed by atoms with van der Waals surface area (Å²) in [5, 5.41) is 0. The fourth-order valence-electron chi connectivity index (χ4n) is 0.652. The van der Waals surface area contributed by atoms with Crippen molar-refractivity contribution in [1.82, 2.24) is 9.97 Å². The Balaban J connectivity index is 2.86. The summed E-state index contributed by atoms with van der Waals surface area (Å²) in [4.78, 5) is 8.17. The smallest absolute Gasteiger partial charge is 0.158 e. The van der Waals surface area contributed by atoms with Crippen LogP contribution >= 0.6 is 15.9 Å². The molecule has 11 heavy (non-hydrogen) atoms. The summed E-state index contributed by atoms with van der Waals surface area (Å²) in [6.45, 7) is 1.90. The molecule has 0 N–H and O–H groups in total. The molecular weight excluding hydrogens is 208 g/mol. The number of ether oxygens (including phenoxy) is 1. The van der Waals surface area contributed by atoms with Gasteiger partial charge in [0.05, 0.1) is 0 Å². The van der Waals surface area contributed by atoms with Crippen molar-refractivity contribution >= 4 is 15.9 Å². The standard InChI is InChI=1S/C7H9BrN2O/c1-5(11-2)7-9-4-3-6(8)10-7/h3-5H,1-2H3. The molecule has 1 heterocycles. The van der Waals surface area contributed by atoms with Crippen LogP contribution in [-0.2, 0) is 4.74 Å². The minimum Gasteiger partial charge on any atom is -0.374 e. The molecule has 0 fully saturated rings. The van der Waals surface area contributed by atoms with Crippen molar-refractivity contribution in [3.05, 3.63) is 22.7 Å². The topological polar surface area (TPSA) is 35.0 Å². The molecule has 4 heteroatoms. The Labute approximate surface area is 73.9 Å². The van der Waals surface area contributed by atoms with Gasteiger partial charge in [0, 0.05) is 13.3 Å². The third kappa shape index (κ3) is 2.24. The first-order valence-electron chi connectivity index (χ1n) is 3.25. The predicted octanol–water partition coefficient (Wildman–Crippen LogP) is 1.95. The molecule has 0 bridgehead atoms. The summed E-state index contributed by atoms with van der Waals surface area (Å²) in [7, 11) is 1.63. The quantitative estimate of drug-likeness (QED) is 0.710. The highest BCUT2D eigenvalue weighted by Crippen LogP contribution is 2.12. The van der Waals surface area contributed by atoms with Crippen LogP contribution in [0.1, 0.15) is 18.9 Å². The zero-order valence-electron chi connectivity index (χ0n) is 6.41. The first-order valence-corrected chi connectivity index (χ1v) is 4.04. The van der Waals surface area contributed by atoms with Gasteiger partial charge in [-0.15, -0.1) is 0 Å². The number of rotatable bonds is 2. The molecule has 0 radical (unpaired) electrons. The van der Waals surface area contributed by atoms with Crippen LogP contribution in [0.3, 0.4) is 0 Å². The largest absolute Gasteiger partial charge is 0.374 e. The van der Waals surface area contributed by atoms with Gasteiger partial charge in [0.1, 0.15) is 10.7 Å². The number of aromatic nitrogens is 2.